The van der Waals surface area contributed by atoms with Crippen molar-refractivity contribution in [2.75, 3.05) is 36.8 Å². The first-order chi connectivity index (χ1) is 15.4. The Morgan fingerprint density at radius 3 is 1.58 bits per heavy atom. The number of amides is 4. The Morgan fingerprint density at radius 1 is 0.727 bits per heavy atom. The van der Waals surface area contributed by atoms with E-state index in [0.717, 1.165) is 18.7 Å². The van der Waals surface area contributed by atoms with Gasteiger partial charge in [-0.2, -0.15) is 0 Å². The van der Waals surface area contributed by atoms with E-state index >= 15 is 0 Å². The lowest BCUT2D eigenvalue weighted by atomic mass is 10.2. The van der Waals surface area contributed by atoms with E-state index in [1.807, 2.05) is 19.1 Å². The van der Waals surface area contributed by atoms with Crippen molar-refractivity contribution >= 4 is 23.4 Å². The molecule has 0 aliphatic heterocycles. The number of urea groups is 2. The standard InChI is InChI=1S/C25H46N6O2/c1-17(2)30(18(3)4)14-12-26-24(32)28-22-11-10-21(9)23(16-22)29-25(33)27-13-15-31(19(5)6)20(7)8/h10-11,16-20H,12-15H2,1-9H3,(H2,26,28,32)(H2,27,29,33). The Bertz CT molecular complexity index is 732. The second kappa shape index (κ2) is 14.1. The molecule has 1 rings (SSSR count). The Balaban J connectivity index is 2.57. The third kappa shape index (κ3) is 10.4. The maximum Gasteiger partial charge on any atom is 0.319 e. The minimum absolute atomic E-state index is 0.255. The van der Waals surface area contributed by atoms with Crippen molar-refractivity contribution in [3.63, 3.8) is 0 Å². The monoisotopic (exact) mass is 462 g/mol. The molecule has 0 saturated carbocycles. The van der Waals surface area contributed by atoms with Gasteiger partial charge in [0.05, 0.1) is 0 Å². The summed E-state index contributed by atoms with van der Waals surface area (Å²) in [6, 6.07) is 6.65. The van der Waals surface area contributed by atoms with Crippen molar-refractivity contribution in [3.8, 4) is 0 Å². The van der Waals surface area contributed by atoms with Crippen molar-refractivity contribution in [2.24, 2.45) is 0 Å². The van der Waals surface area contributed by atoms with Crippen LogP contribution in [0.2, 0.25) is 0 Å². The number of hydrogen-bond acceptors (Lipinski definition) is 4. The van der Waals surface area contributed by atoms with Crippen LogP contribution in [0.3, 0.4) is 0 Å². The number of nitrogens with one attached hydrogen (secondary N) is 4. The van der Waals surface area contributed by atoms with E-state index in [-0.39, 0.29) is 12.1 Å². The van der Waals surface area contributed by atoms with Gasteiger partial charge in [0, 0.05) is 61.7 Å². The predicted octanol–water partition coefficient (Wildman–Crippen LogP) is 4.48. The van der Waals surface area contributed by atoms with Crippen LogP contribution in [0.25, 0.3) is 0 Å². The second-order valence-corrected chi connectivity index (χ2v) is 9.64. The molecule has 0 saturated heterocycles. The molecule has 0 atom stereocenters. The Morgan fingerprint density at radius 2 is 1.15 bits per heavy atom. The Kier molecular flexibility index (Phi) is 12.2. The van der Waals surface area contributed by atoms with Gasteiger partial charge in [0.15, 0.2) is 0 Å². The van der Waals surface area contributed by atoms with Crippen LogP contribution in [-0.2, 0) is 0 Å². The van der Waals surface area contributed by atoms with E-state index in [4.69, 9.17) is 0 Å². The molecule has 1 aromatic rings. The molecule has 0 fully saturated rings. The number of anilines is 2. The van der Waals surface area contributed by atoms with Gasteiger partial charge in [-0.1, -0.05) is 6.07 Å². The van der Waals surface area contributed by atoms with E-state index < -0.39 is 0 Å². The lowest BCUT2D eigenvalue weighted by Crippen LogP contribution is -2.43. The Hall–Kier alpha value is -2.32. The van der Waals surface area contributed by atoms with E-state index in [0.29, 0.717) is 48.6 Å². The molecule has 0 aliphatic carbocycles. The van der Waals surface area contributed by atoms with Crippen LogP contribution in [0.4, 0.5) is 21.0 Å². The summed E-state index contributed by atoms with van der Waals surface area (Å²) in [4.78, 5) is 29.4. The van der Waals surface area contributed by atoms with Crippen LogP contribution >= 0.6 is 0 Å². The molecule has 33 heavy (non-hydrogen) atoms. The van der Waals surface area contributed by atoms with Crippen LogP contribution in [0.1, 0.15) is 61.0 Å². The highest BCUT2D eigenvalue weighted by Gasteiger charge is 2.15. The molecular weight excluding hydrogens is 416 g/mol. The van der Waals surface area contributed by atoms with Gasteiger partial charge in [-0.05, 0) is 80.0 Å². The van der Waals surface area contributed by atoms with Gasteiger partial charge in [0.25, 0.3) is 0 Å². The molecule has 0 bridgehead atoms. The van der Waals surface area contributed by atoms with Gasteiger partial charge < -0.3 is 21.3 Å². The minimum atomic E-state index is -0.260. The zero-order valence-electron chi connectivity index (χ0n) is 22.1. The van der Waals surface area contributed by atoms with Crippen molar-refractivity contribution < 1.29 is 9.59 Å². The highest BCUT2D eigenvalue weighted by Crippen LogP contribution is 2.20. The second-order valence-electron chi connectivity index (χ2n) is 9.64. The smallest absolute Gasteiger partial charge is 0.319 e. The van der Waals surface area contributed by atoms with Gasteiger partial charge in [-0.3, -0.25) is 9.80 Å². The number of aryl methyl sites for hydroxylation is 1. The summed E-state index contributed by atoms with van der Waals surface area (Å²) in [6.07, 6.45) is 0. The summed E-state index contributed by atoms with van der Waals surface area (Å²) >= 11 is 0. The summed E-state index contributed by atoms with van der Waals surface area (Å²) in [6.45, 7) is 21.9. The van der Waals surface area contributed by atoms with E-state index in [9.17, 15) is 9.59 Å². The zero-order chi connectivity index (χ0) is 25.1. The van der Waals surface area contributed by atoms with Gasteiger partial charge in [-0.15, -0.1) is 0 Å². The van der Waals surface area contributed by atoms with Crippen molar-refractivity contribution in [2.45, 2.75) is 86.5 Å². The average Bonchev–Trinajstić information content (AvgIpc) is 2.69. The molecule has 0 spiro atoms. The maximum atomic E-state index is 12.4. The third-order valence-electron chi connectivity index (χ3n) is 5.71. The summed E-state index contributed by atoms with van der Waals surface area (Å²) < 4.78 is 0. The number of carbonyl (C=O) groups is 2. The fourth-order valence-corrected chi connectivity index (χ4v) is 4.00. The molecule has 188 valence electrons. The van der Waals surface area contributed by atoms with Crippen molar-refractivity contribution in [1.82, 2.24) is 20.4 Å². The molecule has 0 radical (unpaired) electrons. The van der Waals surface area contributed by atoms with Crippen LogP contribution in [0.15, 0.2) is 18.2 Å². The molecule has 4 amide bonds. The van der Waals surface area contributed by atoms with Crippen molar-refractivity contribution in [3.05, 3.63) is 23.8 Å². The number of benzene rings is 1. The molecule has 0 aromatic heterocycles. The van der Waals surface area contributed by atoms with Gasteiger partial charge in [-0.25, -0.2) is 9.59 Å². The van der Waals surface area contributed by atoms with E-state index in [2.05, 4.69) is 86.5 Å². The zero-order valence-corrected chi connectivity index (χ0v) is 22.1. The largest absolute Gasteiger partial charge is 0.337 e. The highest BCUT2D eigenvalue weighted by molar-refractivity contribution is 5.93. The fraction of sp³-hybridized carbons (Fsp3) is 0.680. The molecule has 1 aromatic carbocycles. The average molecular weight is 463 g/mol. The first-order valence-electron chi connectivity index (χ1n) is 12.1. The summed E-state index contributed by atoms with van der Waals surface area (Å²) in [5, 5.41) is 11.6. The lowest BCUT2D eigenvalue weighted by Gasteiger charge is -2.30. The summed E-state index contributed by atoms with van der Waals surface area (Å²) in [5.41, 5.74) is 2.22. The normalized spacial score (nSPS) is 11.7. The number of nitrogens with zero attached hydrogens (tertiary/aromatic N) is 2. The maximum absolute atomic E-state index is 12.4. The van der Waals surface area contributed by atoms with Gasteiger partial charge in [0.2, 0.25) is 0 Å². The number of hydrogen-bond donors (Lipinski definition) is 4. The lowest BCUT2D eigenvalue weighted by molar-refractivity contribution is 0.176. The first-order valence-corrected chi connectivity index (χ1v) is 12.1. The first kappa shape index (κ1) is 28.7. The molecule has 0 unspecified atom stereocenters. The molecule has 0 heterocycles. The van der Waals surface area contributed by atoms with Crippen LogP contribution in [0.5, 0.6) is 0 Å². The minimum Gasteiger partial charge on any atom is -0.337 e. The molecule has 8 heteroatoms. The van der Waals surface area contributed by atoms with E-state index in [1.165, 1.54) is 0 Å². The molecular formula is C25H46N6O2. The van der Waals surface area contributed by atoms with Crippen LogP contribution in [-0.4, -0.2) is 72.2 Å². The SMILES string of the molecule is Cc1ccc(NC(=O)NCCN(C(C)C)C(C)C)cc1NC(=O)NCCN(C(C)C)C(C)C. The summed E-state index contributed by atoms with van der Waals surface area (Å²) in [5.74, 6) is 0. The molecule has 8 nitrogen and oxygen atoms in total. The Labute approximate surface area is 200 Å². The number of rotatable bonds is 12. The van der Waals surface area contributed by atoms with Crippen LogP contribution in [0, 0.1) is 6.92 Å². The number of carbonyl (C=O) groups excluding carboxylic acids is 2. The topological polar surface area (TPSA) is 88.7 Å². The third-order valence-corrected chi connectivity index (χ3v) is 5.71. The molecule has 0 aliphatic rings. The highest BCUT2D eigenvalue weighted by atomic mass is 16.2. The van der Waals surface area contributed by atoms with Crippen molar-refractivity contribution in [1.29, 1.82) is 0 Å². The van der Waals surface area contributed by atoms with Crippen LogP contribution < -0.4 is 21.3 Å². The fourth-order valence-electron chi connectivity index (χ4n) is 4.00. The summed E-state index contributed by atoms with van der Waals surface area (Å²) in [7, 11) is 0. The van der Waals surface area contributed by atoms with Gasteiger partial charge in [0.1, 0.15) is 0 Å². The quantitative estimate of drug-likeness (QED) is 0.369. The van der Waals surface area contributed by atoms with Gasteiger partial charge >= 0.3 is 12.1 Å². The molecule has 4 N–H and O–H groups in total. The van der Waals surface area contributed by atoms with E-state index in [1.54, 1.807) is 6.07 Å². The predicted molar refractivity (Wildman–Crippen MR) is 139 cm³/mol.